The van der Waals surface area contributed by atoms with Crippen molar-refractivity contribution in [1.82, 2.24) is 24.5 Å². The van der Waals surface area contributed by atoms with Crippen LogP contribution >= 0.6 is 0 Å². The summed E-state index contributed by atoms with van der Waals surface area (Å²) >= 11 is 0. The van der Waals surface area contributed by atoms with Crippen LogP contribution in [0.3, 0.4) is 0 Å². The summed E-state index contributed by atoms with van der Waals surface area (Å²) in [6, 6.07) is 1.97. The minimum absolute atomic E-state index is 0.00652. The van der Waals surface area contributed by atoms with E-state index in [9.17, 15) is 8.78 Å². The molecule has 0 atom stereocenters. The number of nitrogen functional groups attached to an aromatic ring is 1. The molecule has 0 aliphatic rings. The van der Waals surface area contributed by atoms with Crippen LogP contribution < -0.4 is 5.73 Å². The van der Waals surface area contributed by atoms with E-state index in [0.717, 1.165) is 25.5 Å². The number of rotatable bonds is 6. The van der Waals surface area contributed by atoms with Crippen molar-refractivity contribution in [2.75, 3.05) is 19.3 Å². The van der Waals surface area contributed by atoms with Crippen molar-refractivity contribution in [2.24, 2.45) is 0 Å². The van der Waals surface area contributed by atoms with Crippen LogP contribution in [-0.4, -0.2) is 38.1 Å². The number of halogens is 2. The number of hydrogen-bond donors (Lipinski definition) is 1. The average molecular weight is 332 g/mol. The number of aromatic nitrogens is 4. The summed E-state index contributed by atoms with van der Waals surface area (Å²) in [5.74, 6) is -0.864. The monoisotopic (exact) mass is 332 g/mol. The first-order valence-corrected chi connectivity index (χ1v) is 7.62. The Kier molecular flexibility index (Phi) is 4.28. The lowest BCUT2D eigenvalue weighted by Gasteiger charge is -2.11. The maximum absolute atomic E-state index is 13.9. The van der Waals surface area contributed by atoms with Crippen LogP contribution in [0.1, 0.15) is 18.7 Å². The first kappa shape index (κ1) is 16.1. The molecule has 126 valence electrons. The summed E-state index contributed by atoms with van der Waals surface area (Å²) < 4.78 is 28.7. The van der Waals surface area contributed by atoms with E-state index in [1.165, 1.54) is 10.6 Å². The van der Waals surface area contributed by atoms with E-state index in [2.05, 4.69) is 21.6 Å². The van der Waals surface area contributed by atoms with E-state index in [4.69, 9.17) is 5.73 Å². The Morgan fingerprint density at radius 2 is 2.08 bits per heavy atom. The molecule has 0 spiro atoms. The molecule has 0 unspecified atom stereocenters. The van der Waals surface area contributed by atoms with Gasteiger partial charge in [0.05, 0.1) is 5.39 Å². The van der Waals surface area contributed by atoms with Crippen LogP contribution in [0.15, 0.2) is 24.9 Å². The molecule has 6 nitrogen and oxygen atoms in total. The van der Waals surface area contributed by atoms with Gasteiger partial charge in [-0.1, -0.05) is 6.58 Å². The number of anilines is 1. The van der Waals surface area contributed by atoms with Gasteiger partial charge in [0.15, 0.2) is 17.3 Å². The van der Waals surface area contributed by atoms with Crippen molar-refractivity contribution in [3.8, 4) is 0 Å². The first-order chi connectivity index (χ1) is 11.5. The first-order valence-electron chi connectivity index (χ1n) is 7.62. The number of nitrogens with two attached hydrogens (primary N) is 1. The lowest BCUT2D eigenvalue weighted by molar-refractivity contribution is 0.436. The summed E-state index contributed by atoms with van der Waals surface area (Å²) in [4.78, 5) is 10.4. The van der Waals surface area contributed by atoms with Gasteiger partial charge in [-0.25, -0.2) is 18.7 Å². The minimum atomic E-state index is -0.767. The van der Waals surface area contributed by atoms with Gasteiger partial charge in [0, 0.05) is 26.1 Å². The molecule has 3 rings (SSSR count). The highest BCUT2D eigenvalue weighted by atomic mass is 19.1. The smallest absolute Gasteiger partial charge is 0.223 e. The molecule has 0 aliphatic carbocycles. The van der Waals surface area contributed by atoms with Gasteiger partial charge in [-0.15, -0.1) is 5.10 Å². The molecule has 0 aliphatic heterocycles. The molecule has 0 bridgehead atoms. The van der Waals surface area contributed by atoms with Crippen LogP contribution in [0.5, 0.6) is 0 Å². The predicted octanol–water partition coefficient (Wildman–Crippen LogP) is 2.54. The molecule has 0 radical (unpaired) electrons. The van der Waals surface area contributed by atoms with Crippen molar-refractivity contribution in [2.45, 2.75) is 19.3 Å². The summed E-state index contributed by atoms with van der Waals surface area (Å²) in [6.45, 7) is 4.58. The third-order valence-electron chi connectivity index (χ3n) is 3.84. The van der Waals surface area contributed by atoms with Gasteiger partial charge in [-0.2, -0.15) is 4.52 Å². The highest BCUT2D eigenvalue weighted by molar-refractivity contribution is 5.92. The maximum Gasteiger partial charge on any atom is 0.223 e. The Hall–Kier alpha value is -2.77. The van der Waals surface area contributed by atoms with Gasteiger partial charge in [-0.05, 0) is 25.1 Å². The van der Waals surface area contributed by atoms with Crippen LogP contribution in [0, 0.1) is 11.6 Å². The quantitative estimate of drug-likeness (QED) is 0.702. The van der Waals surface area contributed by atoms with Gasteiger partial charge in [0.1, 0.15) is 11.3 Å². The van der Waals surface area contributed by atoms with Crippen molar-refractivity contribution in [1.29, 1.82) is 0 Å². The number of unbranched alkanes of at least 4 members (excludes halogenated alkanes) is 1. The van der Waals surface area contributed by atoms with Gasteiger partial charge < -0.3 is 10.6 Å². The fraction of sp³-hybridized carbons (Fsp3) is 0.312. The van der Waals surface area contributed by atoms with Crippen molar-refractivity contribution >= 4 is 22.5 Å². The lowest BCUT2D eigenvalue weighted by Crippen LogP contribution is -2.11. The van der Waals surface area contributed by atoms with Crippen molar-refractivity contribution in [3.63, 3.8) is 0 Å². The molecule has 2 heterocycles. The number of aryl methyl sites for hydroxylation is 1. The van der Waals surface area contributed by atoms with Gasteiger partial charge in [0.25, 0.3) is 0 Å². The number of benzene rings is 1. The Labute approximate surface area is 137 Å². The third-order valence-corrected chi connectivity index (χ3v) is 3.84. The molecule has 3 aromatic rings. The Morgan fingerprint density at radius 3 is 2.83 bits per heavy atom. The molecule has 1 aromatic carbocycles. The Bertz CT molecular complexity index is 905. The summed E-state index contributed by atoms with van der Waals surface area (Å²) in [5.41, 5.74) is 6.13. The van der Waals surface area contributed by atoms with Crippen molar-refractivity contribution in [3.05, 3.63) is 42.4 Å². The number of nitrogens with zero attached hydrogens (tertiary/aromatic N) is 5. The molecule has 0 fully saturated rings. The predicted molar refractivity (Wildman–Crippen MR) is 88.4 cm³/mol. The number of fused-ring (bicyclic) bond motifs is 3. The average Bonchev–Trinajstić information content (AvgIpc) is 2.98. The molecule has 8 heteroatoms. The highest BCUT2D eigenvalue weighted by Crippen LogP contribution is 2.23. The molecule has 0 saturated heterocycles. The Morgan fingerprint density at radius 1 is 1.29 bits per heavy atom. The fourth-order valence-corrected chi connectivity index (χ4v) is 2.54. The van der Waals surface area contributed by atoms with Crippen LogP contribution in [0.25, 0.3) is 16.6 Å². The van der Waals surface area contributed by atoms with E-state index >= 15 is 0 Å². The van der Waals surface area contributed by atoms with Gasteiger partial charge in [0.2, 0.25) is 5.95 Å². The molecule has 24 heavy (non-hydrogen) atoms. The topological polar surface area (TPSA) is 72.3 Å². The molecule has 2 aromatic heterocycles. The zero-order valence-electron chi connectivity index (χ0n) is 13.3. The van der Waals surface area contributed by atoms with E-state index in [-0.39, 0.29) is 16.9 Å². The molecule has 0 saturated carbocycles. The van der Waals surface area contributed by atoms with E-state index in [0.29, 0.717) is 17.9 Å². The second-order valence-electron chi connectivity index (χ2n) is 5.64. The third kappa shape index (κ3) is 2.99. The van der Waals surface area contributed by atoms with Gasteiger partial charge in [-0.3, -0.25) is 0 Å². The maximum atomic E-state index is 13.9. The van der Waals surface area contributed by atoms with E-state index in [1.807, 2.05) is 11.9 Å². The largest absolute Gasteiger partial charge is 0.381 e. The second-order valence-corrected chi connectivity index (χ2v) is 5.64. The molecule has 0 amide bonds. The SMILES string of the molecule is C=CN(C)CCCCc1nc2c3cc(F)cc(F)c3nc(N)n2n1. The zero-order chi connectivity index (χ0) is 17.3. The van der Waals surface area contributed by atoms with Gasteiger partial charge >= 0.3 is 0 Å². The van der Waals surface area contributed by atoms with Crippen LogP contribution in [-0.2, 0) is 6.42 Å². The minimum Gasteiger partial charge on any atom is -0.381 e. The standard InChI is InChI=1S/C16H18F2N6/c1-3-23(2)7-5-4-6-13-20-15-11-8-10(17)9-12(18)14(11)21-16(19)24(15)22-13/h3,8-9H,1,4-7H2,2H3,(H2,19,21). The molecular weight excluding hydrogens is 314 g/mol. The molecule has 2 N–H and O–H groups in total. The van der Waals surface area contributed by atoms with E-state index in [1.54, 1.807) is 6.20 Å². The zero-order valence-corrected chi connectivity index (χ0v) is 13.3. The summed E-state index contributed by atoms with van der Waals surface area (Å²) in [7, 11) is 1.96. The second kappa shape index (κ2) is 6.38. The van der Waals surface area contributed by atoms with Crippen LogP contribution in [0.4, 0.5) is 14.7 Å². The summed E-state index contributed by atoms with van der Waals surface area (Å²) in [5, 5.41) is 4.55. The van der Waals surface area contributed by atoms with E-state index < -0.39 is 11.6 Å². The normalized spacial score (nSPS) is 11.3. The lowest BCUT2D eigenvalue weighted by atomic mass is 10.2. The van der Waals surface area contributed by atoms with Crippen molar-refractivity contribution < 1.29 is 8.78 Å². The Balaban J connectivity index is 1.91. The fourth-order valence-electron chi connectivity index (χ4n) is 2.54. The van der Waals surface area contributed by atoms with Crippen LogP contribution in [0.2, 0.25) is 0 Å². The highest BCUT2D eigenvalue weighted by Gasteiger charge is 2.15. The molecular formula is C16H18F2N6. The number of hydrogen-bond acceptors (Lipinski definition) is 5. The summed E-state index contributed by atoms with van der Waals surface area (Å²) in [6.07, 6.45) is 4.25.